The summed E-state index contributed by atoms with van der Waals surface area (Å²) in [7, 11) is 0. The van der Waals surface area contributed by atoms with Gasteiger partial charge in [0.2, 0.25) is 0 Å². The molecule has 0 heterocycles. The fourth-order valence-electron chi connectivity index (χ4n) is 1.61. The van der Waals surface area contributed by atoms with E-state index in [1.807, 2.05) is 27.7 Å². The second kappa shape index (κ2) is 9.21. The highest BCUT2D eigenvalue weighted by atomic mass is 79.9. The topological polar surface area (TPSA) is 29.1 Å². The maximum absolute atomic E-state index is 13.8. The Morgan fingerprint density at radius 1 is 1.37 bits per heavy atom. The summed E-state index contributed by atoms with van der Waals surface area (Å²) in [6.07, 6.45) is 0. The Labute approximate surface area is 123 Å². The molecule has 1 unspecified atom stereocenters. The van der Waals surface area contributed by atoms with Crippen LogP contribution in [0.2, 0.25) is 0 Å². The largest absolute Gasteiger partial charge is 0.313 e. The number of carbonyl (C=O) groups excluding carboxylic acids is 1. The molecule has 0 saturated heterocycles. The van der Waals surface area contributed by atoms with E-state index in [2.05, 4.69) is 21.2 Å². The van der Waals surface area contributed by atoms with Crippen molar-refractivity contribution in [2.45, 2.75) is 46.6 Å². The van der Waals surface area contributed by atoms with Gasteiger partial charge in [0.1, 0.15) is 11.6 Å². The zero-order chi connectivity index (χ0) is 15.0. The molecule has 1 aromatic rings. The third kappa shape index (κ3) is 6.30. The minimum absolute atomic E-state index is 0.0284. The summed E-state index contributed by atoms with van der Waals surface area (Å²) < 4.78 is 14.5. The van der Waals surface area contributed by atoms with Gasteiger partial charge in [-0.1, -0.05) is 49.7 Å². The minimum atomic E-state index is -0.425. The molecule has 108 valence electrons. The lowest BCUT2D eigenvalue weighted by atomic mass is 9.94. The Morgan fingerprint density at radius 2 is 1.95 bits per heavy atom. The highest BCUT2D eigenvalue weighted by molar-refractivity contribution is 9.10. The average Bonchev–Trinajstić information content (AvgIpc) is 2.33. The first kappa shape index (κ1) is 18.3. The first-order valence-corrected chi connectivity index (χ1v) is 7.40. The van der Waals surface area contributed by atoms with E-state index in [9.17, 15) is 9.18 Å². The number of ketones is 1. The quantitative estimate of drug-likeness (QED) is 0.872. The van der Waals surface area contributed by atoms with E-state index in [0.717, 1.165) is 0 Å². The van der Waals surface area contributed by atoms with Crippen molar-refractivity contribution in [2.24, 2.45) is 0 Å². The van der Waals surface area contributed by atoms with Crippen LogP contribution in [-0.2, 0) is 4.79 Å². The van der Waals surface area contributed by atoms with Gasteiger partial charge in [-0.25, -0.2) is 4.39 Å². The van der Waals surface area contributed by atoms with Gasteiger partial charge in [-0.05, 0) is 24.6 Å². The first-order chi connectivity index (χ1) is 8.91. The van der Waals surface area contributed by atoms with Gasteiger partial charge in [-0.15, -0.1) is 0 Å². The van der Waals surface area contributed by atoms with Gasteiger partial charge in [-0.3, -0.25) is 4.79 Å². The van der Waals surface area contributed by atoms with Gasteiger partial charge in [0.25, 0.3) is 0 Å². The third-order valence-electron chi connectivity index (χ3n) is 2.56. The van der Waals surface area contributed by atoms with Crippen molar-refractivity contribution in [3.05, 3.63) is 34.1 Å². The minimum Gasteiger partial charge on any atom is -0.313 e. The van der Waals surface area contributed by atoms with Crippen LogP contribution in [0.5, 0.6) is 0 Å². The van der Waals surface area contributed by atoms with Crippen molar-refractivity contribution in [3.8, 4) is 0 Å². The summed E-state index contributed by atoms with van der Waals surface area (Å²) in [4.78, 5) is 11.6. The molecule has 1 N–H and O–H groups in total. The lowest BCUT2D eigenvalue weighted by Crippen LogP contribution is -2.31. The highest BCUT2D eigenvalue weighted by Crippen LogP contribution is 2.23. The predicted octanol–water partition coefficient (Wildman–Crippen LogP) is 4.29. The van der Waals surface area contributed by atoms with Crippen LogP contribution in [0, 0.1) is 5.82 Å². The summed E-state index contributed by atoms with van der Waals surface area (Å²) >= 11 is 3.20. The molecule has 1 rings (SSSR count). The second-order valence-corrected chi connectivity index (χ2v) is 5.31. The van der Waals surface area contributed by atoms with Crippen molar-refractivity contribution in [2.75, 3.05) is 6.54 Å². The maximum atomic E-state index is 13.8. The first-order valence-electron chi connectivity index (χ1n) is 6.60. The fourth-order valence-corrected chi connectivity index (χ4v) is 1.94. The molecule has 0 bridgehead atoms. The van der Waals surface area contributed by atoms with Gasteiger partial charge in [0, 0.05) is 17.1 Å². The van der Waals surface area contributed by atoms with Crippen molar-refractivity contribution < 1.29 is 9.18 Å². The van der Waals surface area contributed by atoms with Crippen LogP contribution in [0.4, 0.5) is 4.39 Å². The maximum Gasteiger partial charge on any atom is 0.138 e. The van der Waals surface area contributed by atoms with E-state index in [0.29, 0.717) is 16.6 Å². The van der Waals surface area contributed by atoms with E-state index in [1.165, 1.54) is 13.0 Å². The third-order valence-corrected chi connectivity index (χ3v) is 3.05. The molecule has 0 amide bonds. The molecule has 0 aliphatic rings. The van der Waals surface area contributed by atoms with E-state index in [4.69, 9.17) is 0 Å². The van der Waals surface area contributed by atoms with Gasteiger partial charge in [-0.2, -0.15) is 0 Å². The van der Waals surface area contributed by atoms with Gasteiger partial charge < -0.3 is 5.32 Å². The monoisotopic (exact) mass is 331 g/mol. The molecule has 19 heavy (non-hydrogen) atoms. The average molecular weight is 332 g/mol. The molecule has 0 aliphatic carbocycles. The molecule has 0 fully saturated rings. The van der Waals surface area contributed by atoms with Gasteiger partial charge in [0.15, 0.2) is 0 Å². The zero-order valence-electron chi connectivity index (χ0n) is 12.3. The van der Waals surface area contributed by atoms with Crippen LogP contribution in [0.3, 0.4) is 0 Å². The van der Waals surface area contributed by atoms with Crippen molar-refractivity contribution in [1.29, 1.82) is 0 Å². The summed E-state index contributed by atoms with van der Waals surface area (Å²) in [5, 5.41) is 3.17. The number of halogens is 2. The number of Topliss-reactive ketones (excluding diaryl/α,β-unsaturated/α-hetero) is 1. The SMILES string of the molecule is CC.CC(=O)C(CNC(C)C)c1ccc(Br)cc1F. The molecule has 1 aromatic carbocycles. The Hall–Kier alpha value is -0.740. The summed E-state index contributed by atoms with van der Waals surface area (Å²) in [6.45, 7) is 9.95. The van der Waals surface area contributed by atoms with E-state index in [1.54, 1.807) is 12.1 Å². The second-order valence-electron chi connectivity index (χ2n) is 4.39. The lowest BCUT2D eigenvalue weighted by Gasteiger charge is -2.17. The summed E-state index contributed by atoms with van der Waals surface area (Å²) in [5.41, 5.74) is 0.453. The molecule has 0 radical (unpaired) electrons. The number of benzene rings is 1. The van der Waals surface area contributed by atoms with E-state index in [-0.39, 0.29) is 17.6 Å². The van der Waals surface area contributed by atoms with Crippen LogP contribution in [-0.4, -0.2) is 18.4 Å². The fraction of sp³-hybridized carbons (Fsp3) is 0.533. The smallest absolute Gasteiger partial charge is 0.138 e. The Balaban J connectivity index is 0.00000154. The number of carbonyl (C=O) groups is 1. The van der Waals surface area contributed by atoms with Gasteiger partial charge >= 0.3 is 0 Å². The number of hydrogen-bond donors (Lipinski definition) is 1. The Kier molecular flexibility index (Phi) is 8.85. The molecule has 1 atom stereocenters. The Morgan fingerprint density at radius 3 is 2.37 bits per heavy atom. The molecule has 0 aromatic heterocycles. The van der Waals surface area contributed by atoms with Crippen molar-refractivity contribution in [3.63, 3.8) is 0 Å². The Bertz CT molecular complexity index is 407. The van der Waals surface area contributed by atoms with Crippen LogP contribution >= 0.6 is 15.9 Å². The molecule has 2 nitrogen and oxygen atoms in total. The van der Waals surface area contributed by atoms with E-state index < -0.39 is 5.92 Å². The lowest BCUT2D eigenvalue weighted by molar-refractivity contribution is -0.118. The molecule has 4 heteroatoms. The summed E-state index contributed by atoms with van der Waals surface area (Å²) in [6, 6.07) is 5.08. The molecular formula is C15H23BrFNO. The zero-order valence-corrected chi connectivity index (χ0v) is 13.8. The van der Waals surface area contributed by atoms with Crippen molar-refractivity contribution >= 4 is 21.7 Å². The van der Waals surface area contributed by atoms with Crippen LogP contribution in [0.1, 0.15) is 46.1 Å². The van der Waals surface area contributed by atoms with Crippen molar-refractivity contribution in [1.82, 2.24) is 5.32 Å². The van der Waals surface area contributed by atoms with Crippen LogP contribution in [0.15, 0.2) is 22.7 Å². The molecular weight excluding hydrogens is 309 g/mol. The molecule has 0 spiro atoms. The molecule has 0 aliphatic heterocycles. The van der Waals surface area contributed by atoms with Gasteiger partial charge in [0.05, 0.1) is 5.92 Å². The number of nitrogens with one attached hydrogen (secondary N) is 1. The number of hydrogen-bond acceptors (Lipinski definition) is 2. The molecule has 0 saturated carbocycles. The standard InChI is InChI=1S/C13H17BrFNO.C2H6/c1-8(2)16-7-12(9(3)17)11-5-4-10(14)6-13(11)15;1-2/h4-6,8,12,16H,7H2,1-3H3;1-2H3. The number of rotatable bonds is 5. The van der Waals surface area contributed by atoms with Crippen LogP contribution < -0.4 is 5.32 Å². The highest BCUT2D eigenvalue weighted by Gasteiger charge is 2.20. The van der Waals surface area contributed by atoms with Crippen LogP contribution in [0.25, 0.3) is 0 Å². The summed E-state index contributed by atoms with van der Waals surface area (Å²) in [5.74, 6) is -0.796. The predicted molar refractivity (Wildman–Crippen MR) is 82.0 cm³/mol. The van der Waals surface area contributed by atoms with E-state index >= 15 is 0 Å². The normalized spacial score (nSPS) is 11.8.